The highest BCUT2D eigenvalue weighted by molar-refractivity contribution is 6.35. The first-order valence-corrected chi connectivity index (χ1v) is 8.34. The van der Waals surface area contributed by atoms with E-state index in [2.05, 4.69) is 25.4 Å². The van der Waals surface area contributed by atoms with Gasteiger partial charge in [0.2, 0.25) is 0 Å². The number of anilines is 2. The lowest BCUT2D eigenvalue weighted by Gasteiger charge is -2.12. The Balaban J connectivity index is 2.01. The van der Waals surface area contributed by atoms with Gasteiger partial charge in [-0.25, -0.2) is 9.97 Å². The minimum atomic E-state index is 0.311. The van der Waals surface area contributed by atoms with Gasteiger partial charge in [-0.15, -0.1) is 0 Å². The fourth-order valence-corrected chi connectivity index (χ4v) is 3.11. The van der Waals surface area contributed by atoms with Crippen LogP contribution in [0.3, 0.4) is 0 Å². The summed E-state index contributed by atoms with van der Waals surface area (Å²) >= 11 is 6.45. The molecule has 0 saturated carbocycles. The van der Waals surface area contributed by atoms with Crippen molar-refractivity contribution in [1.29, 1.82) is 0 Å². The zero-order valence-corrected chi connectivity index (χ0v) is 15.0. The summed E-state index contributed by atoms with van der Waals surface area (Å²) in [6, 6.07) is 9.52. The molecule has 0 radical (unpaired) electrons. The van der Waals surface area contributed by atoms with E-state index in [1.54, 1.807) is 17.9 Å². The van der Waals surface area contributed by atoms with Crippen molar-refractivity contribution in [3.8, 4) is 22.6 Å². The lowest BCUT2D eigenvalue weighted by Crippen LogP contribution is -2.05. The fourth-order valence-electron chi connectivity index (χ4n) is 2.84. The molecule has 0 saturated heterocycles. The summed E-state index contributed by atoms with van der Waals surface area (Å²) in [6.45, 7) is 0. The van der Waals surface area contributed by atoms with Crippen LogP contribution in [0.1, 0.15) is 0 Å². The van der Waals surface area contributed by atoms with Gasteiger partial charge >= 0.3 is 0 Å². The predicted octanol–water partition coefficient (Wildman–Crippen LogP) is 3.37. The number of aromatic nitrogens is 5. The molecule has 0 atom stereocenters. The van der Waals surface area contributed by atoms with Gasteiger partial charge < -0.3 is 11.1 Å². The van der Waals surface area contributed by atoms with Crippen molar-refractivity contribution < 1.29 is 0 Å². The van der Waals surface area contributed by atoms with Crippen molar-refractivity contribution in [2.45, 2.75) is 0 Å². The number of pyridine rings is 1. The zero-order valence-electron chi connectivity index (χ0n) is 14.2. The van der Waals surface area contributed by atoms with Gasteiger partial charge in [-0.2, -0.15) is 5.10 Å². The molecule has 3 aromatic heterocycles. The summed E-state index contributed by atoms with van der Waals surface area (Å²) in [7, 11) is 3.60. The van der Waals surface area contributed by atoms with Gasteiger partial charge in [-0.3, -0.25) is 9.67 Å². The van der Waals surface area contributed by atoms with Crippen LogP contribution in [-0.2, 0) is 7.05 Å². The Labute approximate surface area is 154 Å². The van der Waals surface area contributed by atoms with E-state index in [-0.39, 0.29) is 0 Å². The minimum absolute atomic E-state index is 0.311. The van der Waals surface area contributed by atoms with Gasteiger partial charge in [0.15, 0.2) is 11.6 Å². The third kappa shape index (κ3) is 2.72. The lowest BCUT2D eigenvalue weighted by atomic mass is 10.0. The number of hydrogen-bond donors (Lipinski definition) is 2. The van der Waals surface area contributed by atoms with E-state index in [0.717, 1.165) is 16.5 Å². The maximum absolute atomic E-state index is 6.45. The summed E-state index contributed by atoms with van der Waals surface area (Å²) in [5.74, 6) is 0.813. The summed E-state index contributed by atoms with van der Waals surface area (Å²) in [5, 5.41) is 8.89. The number of benzene rings is 1. The standard InChI is InChI=1S/C18H16ClN7/c1-21-18-17(20)23-16(13-5-7-26(2)25-13)15(24-18)11-8-10-4-3-6-22-14(10)12(19)9-11/h3-9H,1-2H3,(H2,20,23)(H,21,24). The van der Waals surface area contributed by atoms with Gasteiger partial charge in [-0.05, 0) is 24.3 Å². The maximum Gasteiger partial charge on any atom is 0.169 e. The highest BCUT2D eigenvalue weighted by atomic mass is 35.5. The van der Waals surface area contributed by atoms with Crippen molar-refractivity contribution in [2.24, 2.45) is 7.05 Å². The molecule has 4 aromatic rings. The molecule has 0 aliphatic rings. The second-order valence-corrected chi connectivity index (χ2v) is 6.22. The second-order valence-electron chi connectivity index (χ2n) is 5.81. The molecular formula is C18H16ClN7. The van der Waals surface area contributed by atoms with Crippen LogP contribution < -0.4 is 11.1 Å². The van der Waals surface area contributed by atoms with E-state index in [1.165, 1.54) is 0 Å². The molecule has 26 heavy (non-hydrogen) atoms. The number of nitrogens with one attached hydrogen (secondary N) is 1. The van der Waals surface area contributed by atoms with Crippen LogP contribution in [0, 0.1) is 0 Å². The average molecular weight is 366 g/mol. The second kappa shape index (κ2) is 6.27. The summed E-state index contributed by atoms with van der Waals surface area (Å²) < 4.78 is 1.71. The van der Waals surface area contributed by atoms with Gasteiger partial charge in [0.1, 0.15) is 17.1 Å². The monoisotopic (exact) mass is 365 g/mol. The predicted molar refractivity (Wildman–Crippen MR) is 104 cm³/mol. The highest BCUT2D eigenvalue weighted by Gasteiger charge is 2.18. The first-order chi connectivity index (χ1) is 12.6. The largest absolute Gasteiger partial charge is 0.381 e. The van der Waals surface area contributed by atoms with E-state index >= 15 is 0 Å². The number of nitrogens with zero attached hydrogens (tertiary/aromatic N) is 5. The van der Waals surface area contributed by atoms with Crippen LogP contribution in [0.5, 0.6) is 0 Å². The number of nitrogen functional groups attached to an aromatic ring is 1. The molecule has 0 fully saturated rings. The summed E-state index contributed by atoms with van der Waals surface area (Å²) in [4.78, 5) is 13.5. The molecule has 7 nitrogen and oxygen atoms in total. The molecule has 3 N–H and O–H groups in total. The Morgan fingerprint density at radius 2 is 2.00 bits per heavy atom. The van der Waals surface area contributed by atoms with E-state index in [0.29, 0.717) is 33.7 Å². The van der Waals surface area contributed by atoms with Crippen LogP contribution in [0.15, 0.2) is 42.7 Å². The first kappa shape index (κ1) is 16.3. The first-order valence-electron chi connectivity index (χ1n) is 7.96. The van der Waals surface area contributed by atoms with Crippen LogP contribution in [0.25, 0.3) is 33.5 Å². The smallest absolute Gasteiger partial charge is 0.169 e. The Hall–Kier alpha value is -3.19. The van der Waals surface area contributed by atoms with Gasteiger partial charge in [0.25, 0.3) is 0 Å². The van der Waals surface area contributed by atoms with Crippen molar-refractivity contribution in [2.75, 3.05) is 18.1 Å². The van der Waals surface area contributed by atoms with Gasteiger partial charge in [-0.1, -0.05) is 17.7 Å². The molecule has 8 heteroatoms. The van der Waals surface area contributed by atoms with Crippen molar-refractivity contribution in [3.63, 3.8) is 0 Å². The highest BCUT2D eigenvalue weighted by Crippen LogP contribution is 2.35. The van der Waals surface area contributed by atoms with Crippen LogP contribution in [0.2, 0.25) is 5.02 Å². The fraction of sp³-hybridized carbons (Fsp3) is 0.111. The number of aryl methyl sites for hydroxylation is 1. The molecule has 0 aliphatic heterocycles. The maximum atomic E-state index is 6.45. The number of nitrogens with two attached hydrogens (primary N) is 1. The van der Waals surface area contributed by atoms with Gasteiger partial charge in [0, 0.05) is 37.4 Å². The molecule has 130 valence electrons. The SMILES string of the molecule is CNc1nc(-c2cc(Cl)c3ncccc3c2)c(-c2ccn(C)n2)nc1N. The van der Waals surface area contributed by atoms with Crippen LogP contribution in [0.4, 0.5) is 11.6 Å². The number of rotatable bonds is 3. The number of halogens is 1. The molecule has 1 aromatic carbocycles. The molecule has 0 spiro atoms. The Kier molecular flexibility index (Phi) is 3.93. The Bertz CT molecular complexity index is 1120. The molecule has 4 rings (SSSR count). The quantitative estimate of drug-likeness (QED) is 0.578. The molecule has 0 unspecified atom stereocenters. The Morgan fingerprint density at radius 3 is 2.73 bits per heavy atom. The average Bonchev–Trinajstić information content (AvgIpc) is 3.07. The van der Waals surface area contributed by atoms with Gasteiger partial charge in [0.05, 0.1) is 10.5 Å². The third-order valence-corrected chi connectivity index (χ3v) is 4.34. The molecule has 0 aliphatic carbocycles. The molecule has 0 bridgehead atoms. The molecular weight excluding hydrogens is 350 g/mol. The van der Waals surface area contributed by atoms with Crippen molar-refractivity contribution in [1.82, 2.24) is 24.7 Å². The molecule has 3 heterocycles. The third-order valence-electron chi connectivity index (χ3n) is 4.05. The molecule has 0 amide bonds. The topological polar surface area (TPSA) is 94.5 Å². The number of fused-ring (bicyclic) bond motifs is 1. The van der Waals surface area contributed by atoms with Crippen LogP contribution >= 0.6 is 11.6 Å². The van der Waals surface area contributed by atoms with Crippen molar-refractivity contribution in [3.05, 3.63) is 47.7 Å². The van der Waals surface area contributed by atoms with Crippen LogP contribution in [-0.4, -0.2) is 31.8 Å². The normalized spacial score (nSPS) is 11.0. The minimum Gasteiger partial charge on any atom is -0.381 e. The van der Waals surface area contributed by atoms with E-state index in [4.69, 9.17) is 17.3 Å². The van der Waals surface area contributed by atoms with E-state index in [1.807, 2.05) is 43.6 Å². The summed E-state index contributed by atoms with van der Waals surface area (Å²) in [6.07, 6.45) is 3.57. The number of hydrogen-bond acceptors (Lipinski definition) is 6. The summed E-state index contributed by atoms with van der Waals surface area (Å²) in [5.41, 5.74) is 9.53. The van der Waals surface area contributed by atoms with E-state index in [9.17, 15) is 0 Å². The van der Waals surface area contributed by atoms with E-state index < -0.39 is 0 Å². The Morgan fingerprint density at radius 1 is 1.15 bits per heavy atom. The van der Waals surface area contributed by atoms with Crippen molar-refractivity contribution >= 4 is 34.1 Å². The zero-order chi connectivity index (χ0) is 18.3. The lowest BCUT2D eigenvalue weighted by molar-refractivity contribution is 0.770.